The van der Waals surface area contributed by atoms with Crippen LogP contribution in [-0.2, 0) is 14.3 Å². The fraction of sp³-hybridized carbons (Fsp3) is 0.469. The predicted molar refractivity (Wildman–Crippen MR) is 147 cm³/mol. The Kier molecular flexibility index (Phi) is 7.17. The van der Waals surface area contributed by atoms with Crippen molar-refractivity contribution in [1.82, 2.24) is 4.90 Å². The van der Waals surface area contributed by atoms with E-state index in [1.165, 1.54) is 0 Å². The summed E-state index contributed by atoms with van der Waals surface area (Å²) in [6, 6.07) is 18.8. The van der Waals surface area contributed by atoms with Gasteiger partial charge in [0.05, 0.1) is 17.2 Å². The number of benzene rings is 2. The largest absolute Gasteiger partial charge is 0.461 e. The fourth-order valence-electron chi connectivity index (χ4n) is 6.32. The van der Waals surface area contributed by atoms with Gasteiger partial charge >= 0.3 is 5.97 Å². The lowest BCUT2D eigenvalue weighted by Crippen LogP contribution is -2.44. The van der Waals surface area contributed by atoms with E-state index in [-0.39, 0.29) is 29.1 Å². The van der Waals surface area contributed by atoms with Crippen LogP contribution in [0.25, 0.3) is 11.1 Å². The number of fused-ring (bicyclic) bond motifs is 1. The summed E-state index contributed by atoms with van der Waals surface area (Å²) < 4.78 is 5.95. The average molecular weight is 499 g/mol. The number of ketones is 1. The highest BCUT2D eigenvalue weighted by Crippen LogP contribution is 2.47. The minimum absolute atomic E-state index is 0.127. The number of Topliss-reactive ketones (excluding diaryl/α,β-unsaturated/α-hetero) is 1. The number of rotatable bonds is 6. The van der Waals surface area contributed by atoms with Crippen molar-refractivity contribution in [2.75, 3.05) is 20.2 Å². The molecular weight excluding hydrogens is 460 g/mol. The van der Waals surface area contributed by atoms with Gasteiger partial charge in [0.15, 0.2) is 0 Å². The van der Waals surface area contributed by atoms with Gasteiger partial charge in [0, 0.05) is 24.1 Å². The van der Waals surface area contributed by atoms with Crippen LogP contribution in [0, 0.1) is 11.3 Å². The van der Waals surface area contributed by atoms with E-state index in [0.717, 1.165) is 53.9 Å². The molecule has 194 valence electrons. The van der Waals surface area contributed by atoms with Gasteiger partial charge < -0.3 is 9.64 Å². The number of likely N-dealkylation sites (tertiary alicyclic amines) is 1. The van der Waals surface area contributed by atoms with Crippen molar-refractivity contribution in [2.24, 2.45) is 16.3 Å². The molecule has 2 heterocycles. The molecule has 1 aliphatic carbocycles. The molecule has 2 fully saturated rings. The number of carbonyl (C=O) groups is 2. The molecule has 0 N–H and O–H groups in total. The van der Waals surface area contributed by atoms with Crippen molar-refractivity contribution in [1.29, 1.82) is 0 Å². The van der Waals surface area contributed by atoms with Crippen LogP contribution in [-0.4, -0.2) is 48.6 Å². The summed E-state index contributed by atoms with van der Waals surface area (Å²) in [6.45, 7) is 7.69. The zero-order valence-electron chi connectivity index (χ0n) is 22.5. The zero-order chi connectivity index (χ0) is 26.2. The first kappa shape index (κ1) is 25.6. The molecule has 1 saturated carbocycles. The molecule has 0 amide bonds. The minimum Gasteiger partial charge on any atom is -0.461 e. The van der Waals surface area contributed by atoms with Gasteiger partial charge in [0.25, 0.3) is 0 Å². The van der Waals surface area contributed by atoms with E-state index in [2.05, 4.69) is 62.2 Å². The monoisotopic (exact) mass is 498 g/mol. The summed E-state index contributed by atoms with van der Waals surface area (Å²) in [5, 5.41) is 0. The summed E-state index contributed by atoms with van der Waals surface area (Å²) >= 11 is 0. The van der Waals surface area contributed by atoms with Gasteiger partial charge in [-0.15, -0.1) is 0 Å². The molecule has 5 nitrogen and oxygen atoms in total. The maximum absolute atomic E-state index is 13.7. The maximum Gasteiger partial charge on any atom is 0.336 e. The molecule has 3 atom stereocenters. The first-order valence-corrected chi connectivity index (χ1v) is 13.6. The maximum atomic E-state index is 13.7. The lowest BCUT2D eigenvalue weighted by Gasteiger charge is -2.41. The van der Waals surface area contributed by atoms with Gasteiger partial charge in [0.2, 0.25) is 0 Å². The van der Waals surface area contributed by atoms with Gasteiger partial charge in [-0.05, 0) is 61.4 Å². The summed E-state index contributed by atoms with van der Waals surface area (Å²) in [4.78, 5) is 34.6. The SMILES string of the molecule is CCC1=C(C(=O)OCC2CCCN2C)C(c2ccc(-c3ccccc3)cc2)C2C(=O)CC(C)(C)CC2=N1. The van der Waals surface area contributed by atoms with Crippen molar-refractivity contribution < 1.29 is 14.3 Å². The third-order valence-electron chi connectivity index (χ3n) is 8.26. The lowest BCUT2D eigenvalue weighted by atomic mass is 9.63. The van der Waals surface area contributed by atoms with Crippen molar-refractivity contribution in [3.63, 3.8) is 0 Å². The highest BCUT2D eigenvalue weighted by atomic mass is 16.5. The third-order valence-corrected chi connectivity index (χ3v) is 8.26. The number of esters is 1. The van der Waals surface area contributed by atoms with Crippen molar-refractivity contribution in [3.05, 3.63) is 71.4 Å². The molecule has 0 aromatic heterocycles. The van der Waals surface area contributed by atoms with E-state index < -0.39 is 5.92 Å². The number of allylic oxidation sites excluding steroid dienone is 1. The zero-order valence-corrected chi connectivity index (χ0v) is 22.5. The molecular formula is C32H38N2O3. The number of ether oxygens (including phenoxy) is 1. The Morgan fingerprint density at radius 3 is 2.38 bits per heavy atom. The molecule has 5 rings (SSSR count). The van der Waals surface area contributed by atoms with E-state index in [1.54, 1.807) is 0 Å². The normalized spacial score (nSPS) is 25.6. The van der Waals surface area contributed by atoms with Crippen LogP contribution in [0.15, 0.2) is 70.9 Å². The number of aliphatic imine (C=N–C) groups is 1. The number of nitrogens with zero attached hydrogens (tertiary/aromatic N) is 2. The third kappa shape index (κ3) is 5.19. The summed E-state index contributed by atoms with van der Waals surface area (Å²) in [5.74, 6) is -0.940. The van der Waals surface area contributed by atoms with Gasteiger partial charge in [-0.1, -0.05) is 75.4 Å². The number of hydrogen-bond acceptors (Lipinski definition) is 5. The number of hydrogen-bond donors (Lipinski definition) is 0. The van der Waals surface area contributed by atoms with Crippen LogP contribution in [0.2, 0.25) is 0 Å². The van der Waals surface area contributed by atoms with E-state index >= 15 is 0 Å². The van der Waals surface area contributed by atoms with Gasteiger partial charge in [-0.2, -0.15) is 0 Å². The molecule has 5 heteroatoms. The van der Waals surface area contributed by atoms with E-state index in [1.807, 2.05) is 25.1 Å². The van der Waals surface area contributed by atoms with Crippen LogP contribution in [0.5, 0.6) is 0 Å². The van der Waals surface area contributed by atoms with Crippen LogP contribution >= 0.6 is 0 Å². The topological polar surface area (TPSA) is 59.0 Å². The number of likely N-dealkylation sites (N-methyl/N-ethyl adjacent to an activating group) is 1. The Labute approximate surface area is 220 Å². The summed E-state index contributed by atoms with van der Waals surface area (Å²) in [7, 11) is 2.08. The predicted octanol–water partition coefficient (Wildman–Crippen LogP) is 6.20. The minimum atomic E-state index is -0.414. The highest BCUT2D eigenvalue weighted by Gasteiger charge is 2.48. The fourth-order valence-corrected chi connectivity index (χ4v) is 6.32. The Balaban J connectivity index is 1.53. The molecule has 0 bridgehead atoms. The average Bonchev–Trinajstić information content (AvgIpc) is 3.30. The number of carbonyl (C=O) groups excluding carboxylic acids is 2. The molecule has 2 aromatic carbocycles. The molecule has 3 aliphatic rings. The summed E-state index contributed by atoms with van der Waals surface area (Å²) in [5.41, 5.74) is 5.34. The Bertz CT molecular complexity index is 1230. The molecule has 2 aliphatic heterocycles. The second-order valence-electron chi connectivity index (χ2n) is 11.6. The van der Waals surface area contributed by atoms with Crippen molar-refractivity contribution in [2.45, 2.75) is 64.8 Å². The van der Waals surface area contributed by atoms with Crippen LogP contribution in [0.3, 0.4) is 0 Å². The van der Waals surface area contributed by atoms with Gasteiger partial charge in [0.1, 0.15) is 12.4 Å². The van der Waals surface area contributed by atoms with Crippen molar-refractivity contribution in [3.8, 4) is 11.1 Å². The Morgan fingerprint density at radius 1 is 1.03 bits per heavy atom. The lowest BCUT2D eigenvalue weighted by molar-refractivity contribution is -0.141. The van der Waals surface area contributed by atoms with Crippen LogP contribution in [0.1, 0.15) is 64.4 Å². The van der Waals surface area contributed by atoms with E-state index in [4.69, 9.17) is 9.73 Å². The Morgan fingerprint density at radius 2 is 1.73 bits per heavy atom. The quantitative estimate of drug-likeness (QED) is 0.445. The Hall–Kier alpha value is -3.05. The molecule has 0 spiro atoms. The second kappa shape index (κ2) is 10.4. The first-order chi connectivity index (χ1) is 17.8. The van der Waals surface area contributed by atoms with Crippen LogP contribution in [0.4, 0.5) is 0 Å². The van der Waals surface area contributed by atoms with Gasteiger partial charge in [-0.25, -0.2) is 4.79 Å². The molecule has 0 radical (unpaired) electrons. The van der Waals surface area contributed by atoms with Gasteiger partial charge in [-0.3, -0.25) is 9.79 Å². The van der Waals surface area contributed by atoms with E-state index in [9.17, 15) is 9.59 Å². The van der Waals surface area contributed by atoms with Crippen molar-refractivity contribution >= 4 is 17.5 Å². The van der Waals surface area contributed by atoms with Crippen LogP contribution < -0.4 is 0 Å². The molecule has 1 saturated heterocycles. The second-order valence-corrected chi connectivity index (χ2v) is 11.6. The summed E-state index contributed by atoms with van der Waals surface area (Å²) in [6.07, 6.45) is 4.04. The molecule has 37 heavy (non-hydrogen) atoms. The first-order valence-electron chi connectivity index (χ1n) is 13.6. The molecule has 3 unspecified atom stereocenters. The standard InChI is InChI=1S/C32H38N2O3/c1-5-25-30(31(36)37-20-24-12-9-17-34(24)4)28(29-26(33-25)18-32(2,3)19-27(29)35)23-15-13-22(14-16-23)21-10-7-6-8-11-21/h6-8,10-11,13-16,24,28-29H,5,9,12,17-20H2,1-4H3. The highest BCUT2D eigenvalue weighted by molar-refractivity contribution is 6.12. The molecule has 2 aromatic rings. The van der Waals surface area contributed by atoms with E-state index in [0.29, 0.717) is 25.0 Å². The smallest absolute Gasteiger partial charge is 0.336 e.